The maximum Gasteiger partial charge on any atom is 0.407 e. The van der Waals surface area contributed by atoms with Gasteiger partial charge >= 0.3 is 6.09 Å². The van der Waals surface area contributed by atoms with Gasteiger partial charge in [-0.3, -0.25) is 4.79 Å². The predicted octanol–water partition coefficient (Wildman–Crippen LogP) is 4.72. The van der Waals surface area contributed by atoms with E-state index in [4.69, 9.17) is 4.74 Å². The summed E-state index contributed by atoms with van der Waals surface area (Å²) in [5, 5.41) is 3.50. The van der Waals surface area contributed by atoms with Crippen molar-refractivity contribution >= 4 is 23.6 Å². The molecule has 2 rings (SSSR count). The number of hydrogen-bond acceptors (Lipinski definition) is 5. The summed E-state index contributed by atoms with van der Waals surface area (Å²) in [6.45, 7) is 5.82. The summed E-state index contributed by atoms with van der Waals surface area (Å²) in [4.78, 5) is 29.2. The molecule has 1 N–H and O–H groups in total. The van der Waals surface area contributed by atoms with Crippen molar-refractivity contribution in [1.82, 2.24) is 10.3 Å². The van der Waals surface area contributed by atoms with Gasteiger partial charge in [-0.05, 0) is 51.5 Å². The zero-order valence-corrected chi connectivity index (χ0v) is 16.1. The zero-order valence-electron chi connectivity index (χ0n) is 15.3. The summed E-state index contributed by atoms with van der Waals surface area (Å²) >= 11 is 1.55. The number of alkyl carbamates (subject to hydrolysis) is 1. The Morgan fingerprint density at radius 2 is 1.85 bits per heavy atom. The van der Waals surface area contributed by atoms with Crippen LogP contribution in [-0.4, -0.2) is 29.0 Å². The van der Waals surface area contributed by atoms with E-state index in [2.05, 4.69) is 10.3 Å². The highest BCUT2D eigenvalue weighted by Crippen LogP contribution is 2.25. The Labute approximate surface area is 158 Å². The number of benzene rings is 1. The Kier molecular flexibility index (Phi) is 7.21. The quantitative estimate of drug-likeness (QED) is 0.562. The van der Waals surface area contributed by atoms with Crippen LogP contribution in [0.4, 0.5) is 4.79 Å². The van der Waals surface area contributed by atoms with Gasteiger partial charge in [0.2, 0.25) is 0 Å². The molecular formula is C20H24N2O3S. The van der Waals surface area contributed by atoms with E-state index in [1.165, 1.54) is 0 Å². The van der Waals surface area contributed by atoms with Gasteiger partial charge in [-0.15, -0.1) is 0 Å². The van der Waals surface area contributed by atoms with Crippen molar-refractivity contribution in [2.24, 2.45) is 0 Å². The fraction of sp³-hybridized carbons (Fsp3) is 0.350. The molecule has 138 valence electrons. The molecule has 0 aliphatic heterocycles. The number of nitrogens with zero attached hydrogens (tertiary/aromatic N) is 1. The number of nitrogens with one attached hydrogen (secondary N) is 1. The number of aromatic nitrogens is 1. The molecule has 0 atom stereocenters. The van der Waals surface area contributed by atoms with E-state index < -0.39 is 11.7 Å². The lowest BCUT2D eigenvalue weighted by Gasteiger charge is -2.19. The summed E-state index contributed by atoms with van der Waals surface area (Å²) in [5.74, 6) is 0.0137. The standard InChI is InChI=1S/C20H24N2O3S/c1-20(2,3)25-19(24)21-13-7-10-17(23)15-11-12-18(22-14-15)26-16-8-5-4-6-9-16/h4-6,8-9,11-12,14H,7,10,13H2,1-3H3,(H,21,24). The molecule has 0 radical (unpaired) electrons. The molecule has 0 saturated heterocycles. The van der Waals surface area contributed by atoms with E-state index in [-0.39, 0.29) is 5.78 Å². The van der Waals surface area contributed by atoms with Crippen LogP contribution in [0.2, 0.25) is 0 Å². The van der Waals surface area contributed by atoms with E-state index in [1.807, 2.05) is 57.2 Å². The number of pyridine rings is 1. The highest BCUT2D eigenvalue weighted by atomic mass is 32.2. The minimum absolute atomic E-state index is 0.0137. The van der Waals surface area contributed by atoms with Crippen LogP contribution in [0.1, 0.15) is 44.0 Å². The molecule has 2 aromatic rings. The fourth-order valence-electron chi connectivity index (χ4n) is 2.11. The van der Waals surface area contributed by atoms with Crippen molar-refractivity contribution in [3.05, 3.63) is 54.2 Å². The maximum absolute atomic E-state index is 12.2. The first-order valence-electron chi connectivity index (χ1n) is 8.52. The summed E-state index contributed by atoms with van der Waals surface area (Å²) in [6.07, 6.45) is 2.05. The molecule has 0 saturated carbocycles. The number of carbonyl (C=O) groups excluding carboxylic acids is 2. The van der Waals surface area contributed by atoms with E-state index in [1.54, 1.807) is 24.0 Å². The SMILES string of the molecule is CC(C)(C)OC(=O)NCCCC(=O)c1ccc(Sc2ccccc2)nc1. The number of ketones is 1. The third-order valence-electron chi connectivity index (χ3n) is 3.27. The number of ether oxygens (including phenoxy) is 1. The normalized spacial score (nSPS) is 11.0. The minimum atomic E-state index is -0.523. The third kappa shape index (κ3) is 7.27. The van der Waals surface area contributed by atoms with Crippen molar-refractivity contribution in [2.45, 2.75) is 49.1 Å². The lowest BCUT2D eigenvalue weighted by molar-refractivity contribution is 0.0525. The molecular weight excluding hydrogens is 348 g/mol. The van der Waals surface area contributed by atoms with E-state index in [0.717, 1.165) is 9.92 Å². The molecule has 0 aliphatic carbocycles. The monoisotopic (exact) mass is 372 g/mol. The molecule has 6 heteroatoms. The second-order valence-electron chi connectivity index (χ2n) is 6.76. The van der Waals surface area contributed by atoms with Crippen molar-refractivity contribution in [3.8, 4) is 0 Å². The molecule has 0 spiro atoms. The van der Waals surface area contributed by atoms with Gasteiger partial charge in [0.1, 0.15) is 10.6 Å². The molecule has 1 heterocycles. The second kappa shape index (κ2) is 9.38. The maximum atomic E-state index is 12.2. The van der Waals surface area contributed by atoms with Gasteiger partial charge in [-0.2, -0.15) is 0 Å². The van der Waals surface area contributed by atoms with Crippen LogP contribution in [0.25, 0.3) is 0 Å². The van der Waals surface area contributed by atoms with E-state index in [0.29, 0.717) is 24.9 Å². The number of rotatable bonds is 7. The highest BCUT2D eigenvalue weighted by molar-refractivity contribution is 7.99. The minimum Gasteiger partial charge on any atom is -0.444 e. The van der Waals surface area contributed by atoms with E-state index in [9.17, 15) is 9.59 Å². The van der Waals surface area contributed by atoms with Gasteiger partial charge in [-0.1, -0.05) is 30.0 Å². The molecule has 1 aromatic carbocycles. The largest absolute Gasteiger partial charge is 0.444 e. The Hall–Kier alpha value is -2.34. The second-order valence-corrected chi connectivity index (χ2v) is 7.85. The average Bonchev–Trinajstić information content (AvgIpc) is 2.58. The predicted molar refractivity (Wildman–Crippen MR) is 103 cm³/mol. The first-order valence-corrected chi connectivity index (χ1v) is 9.34. The molecule has 26 heavy (non-hydrogen) atoms. The van der Waals surface area contributed by atoms with Gasteiger partial charge < -0.3 is 10.1 Å². The highest BCUT2D eigenvalue weighted by Gasteiger charge is 2.15. The molecule has 0 bridgehead atoms. The van der Waals surface area contributed by atoms with Crippen LogP contribution in [0, 0.1) is 0 Å². The smallest absolute Gasteiger partial charge is 0.407 e. The molecule has 0 unspecified atom stereocenters. The van der Waals surface area contributed by atoms with Gasteiger partial charge in [0, 0.05) is 29.6 Å². The zero-order chi connectivity index (χ0) is 19.0. The molecule has 0 aliphatic rings. The van der Waals surface area contributed by atoms with Crippen LogP contribution in [0.5, 0.6) is 0 Å². The van der Waals surface area contributed by atoms with Gasteiger partial charge in [0.05, 0.1) is 0 Å². The Morgan fingerprint density at radius 3 is 2.46 bits per heavy atom. The van der Waals surface area contributed by atoms with E-state index >= 15 is 0 Å². The van der Waals surface area contributed by atoms with Crippen molar-refractivity contribution in [1.29, 1.82) is 0 Å². The van der Waals surface area contributed by atoms with Gasteiger partial charge in [-0.25, -0.2) is 9.78 Å². The van der Waals surface area contributed by atoms with Crippen molar-refractivity contribution in [2.75, 3.05) is 6.54 Å². The van der Waals surface area contributed by atoms with Gasteiger partial charge in [0.25, 0.3) is 0 Å². The number of Topliss-reactive ketones (excluding diaryl/α,β-unsaturated/α-hetero) is 1. The number of carbonyl (C=O) groups is 2. The lowest BCUT2D eigenvalue weighted by atomic mass is 10.1. The Morgan fingerprint density at radius 1 is 1.12 bits per heavy atom. The van der Waals surface area contributed by atoms with Crippen LogP contribution >= 0.6 is 11.8 Å². The number of hydrogen-bond donors (Lipinski definition) is 1. The van der Waals surface area contributed by atoms with Gasteiger partial charge in [0.15, 0.2) is 5.78 Å². The molecule has 0 fully saturated rings. The third-order valence-corrected chi connectivity index (χ3v) is 4.23. The summed E-state index contributed by atoms with van der Waals surface area (Å²) < 4.78 is 5.14. The van der Waals surface area contributed by atoms with Crippen LogP contribution in [0.3, 0.4) is 0 Å². The fourth-order valence-corrected chi connectivity index (χ4v) is 2.89. The molecule has 5 nitrogen and oxygen atoms in total. The lowest BCUT2D eigenvalue weighted by Crippen LogP contribution is -2.33. The van der Waals surface area contributed by atoms with Crippen molar-refractivity contribution in [3.63, 3.8) is 0 Å². The summed E-state index contributed by atoms with van der Waals surface area (Å²) in [5.41, 5.74) is 0.0603. The Balaban J connectivity index is 1.75. The summed E-state index contributed by atoms with van der Waals surface area (Å²) in [7, 11) is 0. The van der Waals surface area contributed by atoms with Crippen LogP contribution < -0.4 is 5.32 Å². The molecule has 1 aromatic heterocycles. The molecule has 1 amide bonds. The van der Waals surface area contributed by atoms with Crippen molar-refractivity contribution < 1.29 is 14.3 Å². The first kappa shape index (κ1) is 20.0. The summed E-state index contributed by atoms with van der Waals surface area (Å²) in [6, 6.07) is 13.6. The number of amides is 1. The van der Waals surface area contributed by atoms with Crippen LogP contribution in [0.15, 0.2) is 58.6 Å². The van der Waals surface area contributed by atoms with Crippen LogP contribution in [-0.2, 0) is 4.74 Å². The average molecular weight is 372 g/mol. The topological polar surface area (TPSA) is 68.3 Å². The Bertz CT molecular complexity index is 725. The first-order chi connectivity index (χ1) is 12.3.